The van der Waals surface area contributed by atoms with Crippen LogP contribution in [0.15, 0.2) is 18.2 Å². The van der Waals surface area contributed by atoms with Gasteiger partial charge in [-0.2, -0.15) is 0 Å². The van der Waals surface area contributed by atoms with Crippen LogP contribution in [0.2, 0.25) is 0 Å². The lowest BCUT2D eigenvalue weighted by Gasteiger charge is -2.18. The number of methoxy groups -OCH3 is 1. The highest BCUT2D eigenvalue weighted by molar-refractivity contribution is 5.70. The molecule has 0 fully saturated rings. The molecular formula is C13H19NO2. The van der Waals surface area contributed by atoms with Crippen LogP contribution in [0.3, 0.4) is 0 Å². The molecule has 0 aliphatic rings. The highest BCUT2D eigenvalue weighted by Crippen LogP contribution is 2.25. The number of hydrogen-bond acceptors (Lipinski definition) is 3. The predicted molar refractivity (Wildman–Crippen MR) is 64.3 cm³/mol. The first kappa shape index (κ1) is 12.7. The number of carbonyl (C=O) groups excluding carboxylic acids is 1. The molecule has 1 atom stereocenters. The fourth-order valence-electron chi connectivity index (χ4n) is 2.06. The van der Waals surface area contributed by atoms with Gasteiger partial charge in [-0.25, -0.2) is 0 Å². The summed E-state index contributed by atoms with van der Waals surface area (Å²) in [6, 6.07) is 6.10. The molecule has 0 aromatic heterocycles. The molecular weight excluding hydrogens is 202 g/mol. The zero-order valence-electron chi connectivity index (χ0n) is 10.1. The molecule has 1 aromatic carbocycles. The zero-order chi connectivity index (χ0) is 12.1. The summed E-state index contributed by atoms with van der Waals surface area (Å²) < 4.78 is 4.69. The monoisotopic (exact) mass is 221 g/mol. The van der Waals surface area contributed by atoms with E-state index in [1.165, 1.54) is 23.8 Å². The fourth-order valence-corrected chi connectivity index (χ4v) is 2.06. The van der Waals surface area contributed by atoms with Crippen molar-refractivity contribution in [3.05, 3.63) is 34.9 Å². The van der Waals surface area contributed by atoms with E-state index < -0.39 is 0 Å². The normalized spacial score (nSPS) is 12.2. The summed E-state index contributed by atoms with van der Waals surface area (Å²) in [6.07, 6.45) is 0.346. The summed E-state index contributed by atoms with van der Waals surface area (Å²) >= 11 is 0. The summed E-state index contributed by atoms with van der Waals surface area (Å²) in [5, 5.41) is 0. The first-order valence-electron chi connectivity index (χ1n) is 5.43. The zero-order valence-corrected chi connectivity index (χ0v) is 10.1. The minimum atomic E-state index is -0.210. The van der Waals surface area contributed by atoms with Gasteiger partial charge in [0.2, 0.25) is 0 Å². The Bertz CT molecular complexity index is 354. The van der Waals surface area contributed by atoms with Crippen LogP contribution in [0.25, 0.3) is 0 Å². The van der Waals surface area contributed by atoms with Gasteiger partial charge in [0.1, 0.15) is 0 Å². The molecule has 0 radical (unpaired) electrons. The van der Waals surface area contributed by atoms with Crippen molar-refractivity contribution in [2.75, 3.05) is 13.7 Å². The number of ether oxygens (including phenoxy) is 1. The van der Waals surface area contributed by atoms with Crippen LogP contribution in [-0.2, 0) is 9.53 Å². The number of esters is 1. The van der Waals surface area contributed by atoms with Gasteiger partial charge in [0, 0.05) is 5.92 Å². The van der Waals surface area contributed by atoms with Gasteiger partial charge in [0.15, 0.2) is 0 Å². The lowest BCUT2D eigenvalue weighted by molar-refractivity contribution is -0.141. The van der Waals surface area contributed by atoms with Crippen molar-refractivity contribution >= 4 is 5.97 Å². The van der Waals surface area contributed by atoms with Crippen molar-refractivity contribution in [2.45, 2.75) is 26.2 Å². The molecule has 0 aliphatic carbocycles. The van der Waals surface area contributed by atoms with Gasteiger partial charge in [0.25, 0.3) is 0 Å². The molecule has 1 aromatic rings. The summed E-state index contributed by atoms with van der Waals surface area (Å²) in [5.41, 5.74) is 9.27. The summed E-state index contributed by atoms with van der Waals surface area (Å²) in [5.74, 6) is -0.160. The highest BCUT2D eigenvalue weighted by atomic mass is 16.5. The molecule has 16 heavy (non-hydrogen) atoms. The quantitative estimate of drug-likeness (QED) is 0.790. The molecule has 1 unspecified atom stereocenters. The van der Waals surface area contributed by atoms with Gasteiger partial charge in [-0.15, -0.1) is 0 Å². The maximum atomic E-state index is 11.3. The van der Waals surface area contributed by atoms with Crippen LogP contribution < -0.4 is 5.73 Å². The number of rotatable bonds is 4. The molecule has 1 rings (SSSR count). The summed E-state index contributed by atoms with van der Waals surface area (Å²) in [4.78, 5) is 11.3. The first-order valence-corrected chi connectivity index (χ1v) is 5.43. The summed E-state index contributed by atoms with van der Waals surface area (Å²) in [6.45, 7) is 4.55. The smallest absolute Gasteiger partial charge is 0.306 e. The Kier molecular flexibility index (Phi) is 4.50. The summed E-state index contributed by atoms with van der Waals surface area (Å²) in [7, 11) is 1.40. The van der Waals surface area contributed by atoms with Crippen molar-refractivity contribution in [2.24, 2.45) is 5.73 Å². The molecule has 88 valence electrons. The average molecular weight is 221 g/mol. The molecule has 0 amide bonds. The topological polar surface area (TPSA) is 52.3 Å². The van der Waals surface area contributed by atoms with Gasteiger partial charge >= 0.3 is 5.97 Å². The van der Waals surface area contributed by atoms with Crippen molar-refractivity contribution < 1.29 is 9.53 Å². The van der Waals surface area contributed by atoms with Gasteiger partial charge < -0.3 is 10.5 Å². The largest absolute Gasteiger partial charge is 0.469 e. The van der Waals surface area contributed by atoms with Crippen LogP contribution in [-0.4, -0.2) is 19.6 Å². The van der Waals surface area contributed by atoms with Gasteiger partial charge in [-0.1, -0.05) is 18.2 Å². The standard InChI is InChI=1S/C13H19NO2/c1-9-5-4-6-10(2)13(9)11(8-14)7-12(15)16-3/h4-6,11H,7-8,14H2,1-3H3. The Morgan fingerprint density at radius 3 is 2.38 bits per heavy atom. The van der Waals surface area contributed by atoms with Crippen molar-refractivity contribution in [3.63, 3.8) is 0 Å². The third-order valence-electron chi connectivity index (χ3n) is 2.88. The Hall–Kier alpha value is -1.35. The Morgan fingerprint density at radius 1 is 1.38 bits per heavy atom. The number of aryl methyl sites for hydroxylation is 2. The maximum Gasteiger partial charge on any atom is 0.306 e. The van der Waals surface area contributed by atoms with Crippen LogP contribution >= 0.6 is 0 Å². The average Bonchev–Trinajstić information content (AvgIpc) is 2.27. The van der Waals surface area contributed by atoms with E-state index in [-0.39, 0.29) is 11.9 Å². The first-order chi connectivity index (χ1) is 7.60. The van der Waals surface area contributed by atoms with E-state index in [0.717, 1.165) is 0 Å². The van der Waals surface area contributed by atoms with Crippen LogP contribution in [0.5, 0.6) is 0 Å². The van der Waals surface area contributed by atoms with E-state index in [1.807, 2.05) is 32.0 Å². The van der Waals surface area contributed by atoms with E-state index in [2.05, 4.69) is 4.74 Å². The van der Waals surface area contributed by atoms with Crippen LogP contribution in [0, 0.1) is 13.8 Å². The third-order valence-corrected chi connectivity index (χ3v) is 2.88. The van der Waals surface area contributed by atoms with Gasteiger partial charge in [-0.05, 0) is 37.1 Å². The van der Waals surface area contributed by atoms with E-state index in [9.17, 15) is 4.79 Å². The molecule has 3 nitrogen and oxygen atoms in total. The Labute approximate surface area is 96.6 Å². The molecule has 0 bridgehead atoms. The molecule has 0 saturated heterocycles. The van der Waals surface area contributed by atoms with E-state index in [4.69, 9.17) is 5.73 Å². The minimum absolute atomic E-state index is 0.0497. The van der Waals surface area contributed by atoms with Crippen molar-refractivity contribution in [1.82, 2.24) is 0 Å². The Balaban J connectivity index is 2.99. The van der Waals surface area contributed by atoms with Crippen LogP contribution in [0.4, 0.5) is 0 Å². The molecule has 2 N–H and O–H groups in total. The maximum absolute atomic E-state index is 11.3. The fraction of sp³-hybridized carbons (Fsp3) is 0.462. The number of nitrogens with two attached hydrogens (primary N) is 1. The lowest BCUT2D eigenvalue weighted by atomic mass is 9.88. The Morgan fingerprint density at radius 2 is 1.94 bits per heavy atom. The number of benzene rings is 1. The third kappa shape index (κ3) is 2.83. The molecule has 0 aliphatic heterocycles. The van der Waals surface area contributed by atoms with Gasteiger partial charge in [-0.3, -0.25) is 4.79 Å². The molecule has 0 heterocycles. The predicted octanol–water partition coefficient (Wildman–Crippen LogP) is 1.91. The highest BCUT2D eigenvalue weighted by Gasteiger charge is 2.18. The van der Waals surface area contributed by atoms with Crippen molar-refractivity contribution in [3.8, 4) is 0 Å². The number of hydrogen-bond donors (Lipinski definition) is 1. The second kappa shape index (κ2) is 5.66. The lowest BCUT2D eigenvalue weighted by Crippen LogP contribution is -2.19. The van der Waals surface area contributed by atoms with Crippen LogP contribution in [0.1, 0.15) is 29.0 Å². The second-order valence-electron chi connectivity index (χ2n) is 4.02. The SMILES string of the molecule is COC(=O)CC(CN)c1c(C)cccc1C. The van der Waals surface area contributed by atoms with E-state index in [1.54, 1.807) is 0 Å². The molecule has 0 saturated carbocycles. The van der Waals surface area contributed by atoms with Gasteiger partial charge in [0.05, 0.1) is 13.5 Å². The van der Waals surface area contributed by atoms with E-state index >= 15 is 0 Å². The van der Waals surface area contributed by atoms with Crippen molar-refractivity contribution in [1.29, 1.82) is 0 Å². The molecule has 3 heteroatoms. The molecule has 0 spiro atoms. The van der Waals surface area contributed by atoms with E-state index in [0.29, 0.717) is 13.0 Å². The number of carbonyl (C=O) groups is 1. The minimum Gasteiger partial charge on any atom is -0.469 e. The second-order valence-corrected chi connectivity index (χ2v) is 4.02.